The number of carboxylic acid groups (broad SMARTS) is 1. The summed E-state index contributed by atoms with van der Waals surface area (Å²) in [5.41, 5.74) is 1.02. The zero-order chi connectivity index (χ0) is 22.4. The molecule has 1 atom stereocenters. The molecule has 8 nitrogen and oxygen atoms in total. The van der Waals surface area contributed by atoms with E-state index >= 15 is 0 Å². The Bertz CT molecular complexity index is 977. The van der Waals surface area contributed by atoms with Gasteiger partial charge in [-0.3, -0.25) is 9.21 Å². The third kappa shape index (κ3) is 5.88. The Morgan fingerprint density at radius 2 is 1.77 bits per heavy atom. The number of nitrogens with zero attached hydrogens (tertiary/aromatic N) is 2. The Morgan fingerprint density at radius 1 is 1.16 bits per heavy atom. The molecule has 0 radical (unpaired) electrons. The number of carbonyl (C=O) groups is 1. The summed E-state index contributed by atoms with van der Waals surface area (Å²) < 4.78 is 32.8. The quantitative estimate of drug-likeness (QED) is 0.585. The van der Waals surface area contributed by atoms with Gasteiger partial charge in [-0.1, -0.05) is 11.6 Å². The number of hydrogen-bond donors (Lipinski definition) is 2. The first-order valence-corrected chi connectivity index (χ1v) is 11.8. The molecule has 2 aromatic rings. The lowest BCUT2D eigenvalue weighted by Crippen LogP contribution is -2.43. The van der Waals surface area contributed by atoms with Gasteiger partial charge in [-0.25, -0.2) is 13.2 Å². The van der Waals surface area contributed by atoms with Crippen molar-refractivity contribution in [1.29, 1.82) is 0 Å². The van der Waals surface area contributed by atoms with E-state index in [1.54, 1.807) is 12.1 Å². The summed E-state index contributed by atoms with van der Waals surface area (Å²) in [6.07, 6.45) is 0. The normalized spacial score (nSPS) is 15.9. The molecule has 0 amide bonds. The number of nitrogens with one attached hydrogen (secondary N) is 1. The number of anilines is 2. The Balaban J connectivity index is 1.75. The Morgan fingerprint density at radius 3 is 2.35 bits per heavy atom. The van der Waals surface area contributed by atoms with E-state index in [1.165, 1.54) is 43.3 Å². The number of aliphatic carboxylic acids is 1. The van der Waals surface area contributed by atoms with Crippen LogP contribution in [0.1, 0.15) is 6.92 Å². The second kappa shape index (κ2) is 10.3. The van der Waals surface area contributed by atoms with E-state index in [1.807, 2.05) is 0 Å². The predicted molar refractivity (Wildman–Crippen MR) is 120 cm³/mol. The van der Waals surface area contributed by atoms with Crippen LogP contribution in [-0.4, -0.2) is 69.8 Å². The maximum absolute atomic E-state index is 13.3. The van der Waals surface area contributed by atoms with Crippen LogP contribution in [0, 0.1) is 0 Å². The minimum atomic E-state index is -4.11. The summed E-state index contributed by atoms with van der Waals surface area (Å²) in [6, 6.07) is 11.0. The van der Waals surface area contributed by atoms with Crippen LogP contribution in [0.4, 0.5) is 11.4 Å². The van der Waals surface area contributed by atoms with E-state index in [9.17, 15) is 18.3 Å². The summed E-state index contributed by atoms with van der Waals surface area (Å²) in [7, 11) is -4.11. The standard InChI is InChI=1S/C21H26ClN3O5S/c1-16(21(26)27)25(19-6-2-17(22)3-7-19)31(28,29)20-8-4-18(5-9-20)23-10-11-24-12-14-30-15-13-24/h2-9,16,23H,10-15H2,1H3,(H,26,27). The summed E-state index contributed by atoms with van der Waals surface area (Å²) in [4.78, 5) is 13.9. The third-order valence-corrected chi connectivity index (χ3v) is 7.23. The SMILES string of the molecule is CC(C(=O)O)N(c1ccc(Cl)cc1)S(=O)(=O)c1ccc(NCCN2CCOCC2)cc1. The molecule has 168 valence electrons. The number of carboxylic acids is 1. The lowest BCUT2D eigenvalue weighted by Gasteiger charge is -2.28. The van der Waals surface area contributed by atoms with Gasteiger partial charge in [-0.05, 0) is 55.5 Å². The van der Waals surface area contributed by atoms with Gasteiger partial charge in [-0.2, -0.15) is 0 Å². The number of ether oxygens (including phenoxy) is 1. The zero-order valence-electron chi connectivity index (χ0n) is 17.2. The van der Waals surface area contributed by atoms with Crippen LogP contribution < -0.4 is 9.62 Å². The molecule has 1 unspecified atom stereocenters. The molecule has 1 fully saturated rings. The average molecular weight is 468 g/mol. The van der Waals surface area contributed by atoms with E-state index in [0.29, 0.717) is 5.02 Å². The highest BCUT2D eigenvalue weighted by Gasteiger charge is 2.33. The zero-order valence-corrected chi connectivity index (χ0v) is 18.8. The fourth-order valence-corrected chi connectivity index (χ4v) is 5.04. The first-order valence-electron chi connectivity index (χ1n) is 9.96. The lowest BCUT2D eigenvalue weighted by molar-refractivity contribution is -0.137. The molecule has 2 N–H and O–H groups in total. The molecule has 0 spiro atoms. The molecule has 1 heterocycles. The Labute approximate surface area is 187 Å². The Hall–Kier alpha value is -2.33. The number of halogens is 1. The summed E-state index contributed by atoms with van der Waals surface area (Å²) in [5, 5.41) is 13.2. The second-order valence-corrected chi connectivity index (χ2v) is 9.45. The topological polar surface area (TPSA) is 99.2 Å². The average Bonchev–Trinajstić information content (AvgIpc) is 2.76. The van der Waals surface area contributed by atoms with Crippen molar-refractivity contribution >= 4 is 39.0 Å². The number of benzene rings is 2. The van der Waals surface area contributed by atoms with Crippen molar-refractivity contribution < 1.29 is 23.1 Å². The molecule has 2 aromatic carbocycles. The minimum absolute atomic E-state index is 0.00859. The maximum atomic E-state index is 13.3. The van der Waals surface area contributed by atoms with Gasteiger partial charge in [0, 0.05) is 36.9 Å². The number of hydrogen-bond acceptors (Lipinski definition) is 6. The van der Waals surface area contributed by atoms with Crippen molar-refractivity contribution in [3.63, 3.8) is 0 Å². The smallest absolute Gasteiger partial charge is 0.327 e. The van der Waals surface area contributed by atoms with Crippen LogP contribution in [0.2, 0.25) is 5.02 Å². The van der Waals surface area contributed by atoms with Crippen LogP contribution in [-0.2, 0) is 19.6 Å². The van der Waals surface area contributed by atoms with Gasteiger partial charge in [0.15, 0.2) is 0 Å². The van der Waals surface area contributed by atoms with Crippen LogP contribution in [0.25, 0.3) is 0 Å². The molecule has 10 heteroatoms. The summed E-state index contributed by atoms with van der Waals surface area (Å²) >= 11 is 5.90. The van der Waals surface area contributed by atoms with Crippen LogP contribution >= 0.6 is 11.6 Å². The second-order valence-electron chi connectivity index (χ2n) is 7.20. The highest BCUT2D eigenvalue weighted by molar-refractivity contribution is 7.92. The lowest BCUT2D eigenvalue weighted by atomic mass is 10.2. The van der Waals surface area contributed by atoms with E-state index in [0.717, 1.165) is 49.4 Å². The number of rotatable bonds is 9. The molecule has 31 heavy (non-hydrogen) atoms. The minimum Gasteiger partial charge on any atom is -0.480 e. The van der Waals surface area contributed by atoms with Gasteiger partial charge in [0.2, 0.25) is 0 Å². The molecule has 1 aliphatic rings. The third-order valence-electron chi connectivity index (χ3n) is 5.06. The van der Waals surface area contributed by atoms with E-state index in [-0.39, 0.29) is 10.6 Å². The van der Waals surface area contributed by atoms with E-state index in [4.69, 9.17) is 16.3 Å². The van der Waals surface area contributed by atoms with Crippen molar-refractivity contribution in [2.24, 2.45) is 0 Å². The van der Waals surface area contributed by atoms with Crippen LogP contribution in [0.5, 0.6) is 0 Å². The first-order chi connectivity index (χ1) is 14.8. The van der Waals surface area contributed by atoms with Gasteiger partial charge in [-0.15, -0.1) is 0 Å². The fourth-order valence-electron chi connectivity index (χ4n) is 3.30. The Kier molecular flexibility index (Phi) is 7.77. The van der Waals surface area contributed by atoms with Crippen molar-refractivity contribution in [2.75, 3.05) is 49.0 Å². The van der Waals surface area contributed by atoms with Crippen molar-refractivity contribution in [2.45, 2.75) is 17.9 Å². The molecular formula is C21H26ClN3O5S. The fraction of sp³-hybridized carbons (Fsp3) is 0.381. The summed E-state index contributed by atoms with van der Waals surface area (Å²) in [6.45, 7) is 6.21. The monoisotopic (exact) mass is 467 g/mol. The molecule has 0 bridgehead atoms. The van der Waals surface area contributed by atoms with Crippen LogP contribution in [0.3, 0.4) is 0 Å². The highest BCUT2D eigenvalue weighted by atomic mass is 35.5. The molecule has 0 aromatic heterocycles. The molecule has 1 saturated heterocycles. The van der Waals surface area contributed by atoms with E-state index in [2.05, 4.69) is 10.2 Å². The predicted octanol–water partition coefficient (Wildman–Crippen LogP) is 2.75. The van der Waals surface area contributed by atoms with Gasteiger partial charge in [0.25, 0.3) is 10.0 Å². The van der Waals surface area contributed by atoms with Gasteiger partial charge in [0.1, 0.15) is 6.04 Å². The molecular weight excluding hydrogens is 442 g/mol. The van der Waals surface area contributed by atoms with Gasteiger partial charge >= 0.3 is 5.97 Å². The molecule has 1 aliphatic heterocycles. The van der Waals surface area contributed by atoms with Crippen molar-refractivity contribution in [3.8, 4) is 0 Å². The van der Waals surface area contributed by atoms with Crippen LogP contribution in [0.15, 0.2) is 53.4 Å². The summed E-state index contributed by atoms with van der Waals surface area (Å²) in [5.74, 6) is -1.25. The van der Waals surface area contributed by atoms with E-state index < -0.39 is 22.0 Å². The maximum Gasteiger partial charge on any atom is 0.327 e. The van der Waals surface area contributed by atoms with Gasteiger partial charge < -0.3 is 15.2 Å². The molecule has 0 aliphatic carbocycles. The largest absolute Gasteiger partial charge is 0.480 e. The van der Waals surface area contributed by atoms with Gasteiger partial charge in [0.05, 0.1) is 23.8 Å². The highest BCUT2D eigenvalue weighted by Crippen LogP contribution is 2.28. The number of morpholine rings is 1. The molecule has 0 saturated carbocycles. The number of sulfonamides is 1. The molecule has 3 rings (SSSR count). The van der Waals surface area contributed by atoms with Crippen molar-refractivity contribution in [1.82, 2.24) is 4.90 Å². The first kappa shape index (κ1) is 23.3. The van der Waals surface area contributed by atoms with Crippen molar-refractivity contribution in [3.05, 3.63) is 53.6 Å².